The fraction of sp³-hybridized carbons (Fsp3) is 0.263. The number of para-hydroxylation sites is 1. The number of ether oxygens (including phenoxy) is 1. The highest BCUT2D eigenvalue weighted by Crippen LogP contribution is 2.09. The molecule has 5 heteroatoms. The number of benzene rings is 2. The van der Waals surface area contributed by atoms with Crippen molar-refractivity contribution in [3.05, 3.63) is 60.2 Å². The molecule has 0 aliphatic rings. The third kappa shape index (κ3) is 5.11. The van der Waals surface area contributed by atoms with Crippen molar-refractivity contribution in [2.45, 2.75) is 13.0 Å². The van der Waals surface area contributed by atoms with Gasteiger partial charge < -0.3 is 15.0 Å². The fourth-order valence-corrected chi connectivity index (χ4v) is 2.17. The van der Waals surface area contributed by atoms with Crippen LogP contribution in [-0.2, 0) is 4.79 Å². The number of nitriles is 1. The highest BCUT2D eigenvalue weighted by atomic mass is 16.5. The lowest BCUT2D eigenvalue weighted by Gasteiger charge is -2.21. The van der Waals surface area contributed by atoms with Crippen LogP contribution in [0, 0.1) is 11.3 Å². The summed E-state index contributed by atoms with van der Waals surface area (Å²) in [5.41, 5.74) is 1.26. The summed E-state index contributed by atoms with van der Waals surface area (Å²) in [7, 11) is 1.97. The number of rotatable bonds is 7. The molecule has 2 atom stereocenters. The Morgan fingerprint density at radius 2 is 1.88 bits per heavy atom. The van der Waals surface area contributed by atoms with Crippen molar-refractivity contribution in [1.29, 1.82) is 5.26 Å². The van der Waals surface area contributed by atoms with Crippen LogP contribution in [-0.4, -0.2) is 32.1 Å². The van der Waals surface area contributed by atoms with Gasteiger partial charge in [-0.2, -0.15) is 5.26 Å². The van der Waals surface area contributed by atoms with Crippen molar-refractivity contribution in [1.82, 2.24) is 0 Å². The van der Waals surface area contributed by atoms with E-state index in [2.05, 4.69) is 11.4 Å². The Bertz CT molecular complexity index is 693. The lowest BCUT2D eigenvalue weighted by Crippen LogP contribution is -3.14. The molecule has 2 aromatic rings. The first kappa shape index (κ1) is 17.5. The average Bonchev–Trinajstić information content (AvgIpc) is 2.62. The van der Waals surface area contributed by atoms with Gasteiger partial charge in [-0.25, -0.2) is 0 Å². The van der Waals surface area contributed by atoms with Crippen LogP contribution in [0.3, 0.4) is 0 Å². The van der Waals surface area contributed by atoms with Crippen LogP contribution in [0.15, 0.2) is 54.6 Å². The van der Waals surface area contributed by atoms with Gasteiger partial charge >= 0.3 is 0 Å². The molecule has 0 spiro atoms. The Kier molecular flexibility index (Phi) is 6.35. The molecule has 0 aliphatic carbocycles. The van der Waals surface area contributed by atoms with Crippen molar-refractivity contribution in [3.8, 4) is 11.8 Å². The second-order valence-electron chi connectivity index (χ2n) is 5.66. The number of carbonyl (C=O) groups is 1. The number of anilines is 1. The number of nitrogens with one attached hydrogen (secondary N) is 2. The number of hydrogen-bond acceptors (Lipinski definition) is 3. The Labute approximate surface area is 142 Å². The van der Waals surface area contributed by atoms with Gasteiger partial charge in [0, 0.05) is 5.69 Å². The molecule has 0 radical (unpaired) electrons. The van der Waals surface area contributed by atoms with Crippen LogP contribution in [0.2, 0.25) is 0 Å². The lowest BCUT2D eigenvalue weighted by atomic mass is 10.2. The Morgan fingerprint density at radius 1 is 1.21 bits per heavy atom. The highest BCUT2D eigenvalue weighted by molar-refractivity contribution is 5.93. The molecule has 0 bridgehead atoms. The largest absolute Gasteiger partial charge is 0.488 e. The molecule has 0 fully saturated rings. The molecule has 0 aliphatic heterocycles. The van der Waals surface area contributed by atoms with Crippen molar-refractivity contribution >= 4 is 11.6 Å². The van der Waals surface area contributed by atoms with Crippen LogP contribution in [0.4, 0.5) is 5.69 Å². The zero-order valence-corrected chi connectivity index (χ0v) is 14.0. The summed E-state index contributed by atoms with van der Waals surface area (Å²) in [6, 6.07) is 18.3. The molecule has 5 nitrogen and oxygen atoms in total. The lowest BCUT2D eigenvalue weighted by molar-refractivity contribution is -0.894. The minimum atomic E-state index is -0.208. The number of hydrogen-bond donors (Lipinski definition) is 2. The molecular weight excluding hydrogens is 302 g/mol. The third-order valence-corrected chi connectivity index (χ3v) is 3.92. The van der Waals surface area contributed by atoms with E-state index in [1.807, 2.05) is 44.3 Å². The zero-order valence-electron chi connectivity index (χ0n) is 14.0. The quantitative estimate of drug-likeness (QED) is 0.811. The highest BCUT2D eigenvalue weighted by Gasteiger charge is 2.21. The maximum absolute atomic E-state index is 12.3. The number of carbonyl (C=O) groups excluding carboxylic acids is 1. The molecule has 0 saturated heterocycles. The predicted octanol–water partition coefficient (Wildman–Crippen LogP) is 1.48. The SMILES string of the molecule is C[C@@H](C(=O)Nc1ccc(C#N)cc1)[NH+](C)CCOc1ccccc1. The van der Waals surface area contributed by atoms with E-state index in [0.717, 1.165) is 17.2 Å². The van der Waals surface area contributed by atoms with Crippen molar-refractivity contribution in [2.75, 3.05) is 25.5 Å². The Morgan fingerprint density at radius 3 is 2.50 bits per heavy atom. The summed E-state index contributed by atoms with van der Waals surface area (Å²) in [5, 5.41) is 11.7. The topological polar surface area (TPSA) is 66.6 Å². The zero-order chi connectivity index (χ0) is 17.4. The van der Waals surface area contributed by atoms with Crippen molar-refractivity contribution in [2.24, 2.45) is 0 Å². The van der Waals surface area contributed by atoms with Gasteiger partial charge in [-0.15, -0.1) is 0 Å². The van der Waals surface area contributed by atoms with Gasteiger partial charge in [0.1, 0.15) is 18.9 Å². The van der Waals surface area contributed by atoms with Gasteiger partial charge in [0.25, 0.3) is 5.91 Å². The molecule has 0 saturated carbocycles. The minimum Gasteiger partial charge on any atom is -0.488 e. The molecule has 24 heavy (non-hydrogen) atoms. The average molecular weight is 324 g/mol. The van der Waals surface area contributed by atoms with Crippen LogP contribution in [0.25, 0.3) is 0 Å². The fourth-order valence-electron chi connectivity index (χ4n) is 2.17. The molecule has 124 valence electrons. The van der Waals surface area contributed by atoms with Crippen LogP contribution >= 0.6 is 0 Å². The molecule has 2 aromatic carbocycles. The number of nitrogens with zero attached hydrogens (tertiary/aromatic N) is 1. The molecular formula is C19H22N3O2+. The number of quaternary nitrogens is 1. The summed E-state index contributed by atoms with van der Waals surface area (Å²) in [5.74, 6) is 0.775. The van der Waals surface area contributed by atoms with Crippen LogP contribution in [0.1, 0.15) is 12.5 Å². The first-order valence-electron chi connectivity index (χ1n) is 7.91. The van der Waals surface area contributed by atoms with E-state index >= 15 is 0 Å². The van der Waals surface area contributed by atoms with E-state index in [0.29, 0.717) is 17.9 Å². The van der Waals surface area contributed by atoms with E-state index in [4.69, 9.17) is 10.00 Å². The molecule has 1 amide bonds. The van der Waals surface area contributed by atoms with Crippen LogP contribution in [0.5, 0.6) is 5.75 Å². The first-order valence-corrected chi connectivity index (χ1v) is 7.91. The Hall–Kier alpha value is -2.84. The first-order chi connectivity index (χ1) is 11.6. The van der Waals surface area contributed by atoms with Gasteiger partial charge in [0.2, 0.25) is 0 Å². The van der Waals surface area contributed by atoms with Gasteiger partial charge in [-0.3, -0.25) is 4.79 Å². The van der Waals surface area contributed by atoms with Gasteiger partial charge in [-0.05, 0) is 43.3 Å². The van der Waals surface area contributed by atoms with E-state index in [9.17, 15) is 4.79 Å². The second-order valence-corrected chi connectivity index (χ2v) is 5.66. The van der Waals surface area contributed by atoms with Gasteiger partial charge in [0.15, 0.2) is 6.04 Å². The minimum absolute atomic E-state index is 0.0584. The standard InChI is InChI=1S/C19H21N3O2/c1-15(19(23)21-17-10-8-16(14-20)9-11-17)22(2)12-13-24-18-6-4-3-5-7-18/h3-11,15H,12-13H2,1-2H3,(H,21,23)/p+1/t15-/m0/s1. The third-order valence-electron chi connectivity index (χ3n) is 3.92. The molecule has 2 rings (SSSR count). The molecule has 0 aromatic heterocycles. The molecule has 0 heterocycles. The summed E-state index contributed by atoms with van der Waals surface area (Å²) in [4.78, 5) is 13.4. The second kappa shape index (κ2) is 8.70. The molecule has 1 unspecified atom stereocenters. The normalized spacial score (nSPS) is 12.7. The van der Waals surface area contributed by atoms with Gasteiger partial charge in [0.05, 0.1) is 18.7 Å². The summed E-state index contributed by atoms with van der Waals surface area (Å²) in [6.07, 6.45) is 0. The van der Waals surface area contributed by atoms with Crippen molar-refractivity contribution in [3.63, 3.8) is 0 Å². The number of amides is 1. The van der Waals surface area contributed by atoms with E-state index in [1.165, 1.54) is 0 Å². The Balaban J connectivity index is 1.79. The van der Waals surface area contributed by atoms with E-state index in [1.54, 1.807) is 24.3 Å². The summed E-state index contributed by atoms with van der Waals surface area (Å²) < 4.78 is 5.67. The monoisotopic (exact) mass is 324 g/mol. The smallest absolute Gasteiger partial charge is 0.282 e. The number of likely N-dealkylation sites (N-methyl/N-ethyl adjacent to an activating group) is 1. The van der Waals surface area contributed by atoms with E-state index in [-0.39, 0.29) is 11.9 Å². The summed E-state index contributed by atoms with van der Waals surface area (Å²) >= 11 is 0. The maximum Gasteiger partial charge on any atom is 0.282 e. The van der Waals surface area contributed by atoms with E-state index < -0.39 is 0 Å². The summed E-state index contributed by atoms with van der Waals surface area (Å²) in [6.45, 7) is 3.15. The maximum atomic E-state index is 12.3. The van der Waals surface area contributed by atoms with Crippen LogP contribution < -0.4 is 15.0 Å². The van der Waals surface area contributed by atoms with Gasteiger partial charge in [-0.1, -0.05) is 18.2 Å². The van der Waals surface area contributed by atoms with Crippen molar-refractivity contribution < 1.29 is 14.4 Å². The molecule has 2 N–H and O–H groups in total. The predicted molar refractivity (Wildman–Crippen MR) is 92.9 cm³/mol.